The van der Waals surface area contributed by atoms with Crippen LogP contribution in [0.4, 0.5) is 0 Å². The average Bonchev–Trinajstić information content (AvgIpc) is 4.00. The van der Waals surface area contributed by atoms with Crippen LogP contribution in [0.3, 0.4) is 0 Å². The summed E-state index contributed by atoms with van der Waals surface area (Å²) in [6.07, 6.45) is -7.70. The quantitative estimate of drug-likeness (QED) is 0.0482. The number of aliphatic hydroxyl groups is 7. The van der Waals surface area contributed by atoms with Crippen molar-refractivity contribution in [1.82, 2.24) is 36.4 Å². The van der Waals surface area contributed by atoms with Gasteiger partial charge in [-0.25, -0.2) is 0 Å². The van der Waals surface area contributed by atoms with Gasteiger partial charge < -0.3 is 88.7 Å². The van der Waals surface area contributed by atoms with Gasteiger partial charge in [0.05, 0.1) is 42.7 Å². The van der Waals surface area contributed by atoms with Crippen molar-refractivity contribution in [2.24, 2.45) is 23.3 Å². The second-order valence-corrected chi connectivity index (χ2v) is 22.5. The molecule has 3 fully saturated rings. The monoisotopic (exact) mass is 1140 g/mol. The molecule has 3 aliphatic rings. The van der Waals surface area contributed by atoms with Crippen LogP contribution in [0.25, 0.3) is 0 Å². The van der Waals surface area contributed by atoms with Gasteiger partial charge in [-0.15, -0.1) is 11.8 Å². The number of benzene rings is 1. The van der Waals surface area contributed by atoms with E-state index in [0.29, 0.717) is 36.4 Å². The van der Waals surface area contributed by atoms with Crippen molar-refractivity contribution in [3.8, 4) is 5.75 Å². The van der Waals surface area contributed by atoms with Crippen LogP contribution < -0.4 is 38.1 Å². The average molecular weight is 1140 g/mol. The second-order valence-electron chi connectivity index (χ2n) is 21.3. The highest BCUT2D eigenvalue weighted by atomic mass is 32.2. The number of nitrogens with one attached hydrogen (secondary N) is 5. The molecule has 0 bridgehead atoms. The van der Waals surface area contributed by atoms with Gasteiger partial charge in [-0.1, -0.05) is 77.8 Å². The number of phenolic OH excluding ortho intramolecular Hbond substituents is 1. The van der Waals surface area contributed by atoms with Gasteiger partial charge in [0, 0.05) is 32.4 Å². The molecule has 4 rings (SSSR count). The summed E-state index contributed by atoms with van der Waals surface area (Å²) in [6, 6.07) is -7.37. The normalized spacial score (nSPS) is 28.1. The summed E-state index contributed by atoms with van der Waals surface area (Å²) in [5.41, 5.74) is 10.7. The van der Waals surface area contributed by atoms with Crippen molar-refractivity contribution in [3.63, 3.8) is 0 Å². The number of carbonyl (C=O) groups is 9. The molecule has 26 nitrogen and oxygen atoms in total. The molecule has 79 heavy (non-hydrogen) atoms. The minimum Gasteiger partial charge on any atom is -0.508 e. The molecule has 444 valence electrons. The van der Waals surface area contributed by atoms with E-state index >= 15 is 0 Å². The largest absolute Gasteiger partial charge is 0.508 e. The molecule has 0 aromatic heterocycles. The van der Waals surface area contributed by atoms with E-state index in [9.17, 15) is 84.0 Å². The Morgan fingerprint density at radius 2 is 1.33 bits per heavy atom. The number of thioether (sulfide) groups is 1. The zero-order valence-electron chi connectivity index (χ0n) is 45.3. The van der Waals surface area contributed by atoms with Crippen LogP contribution in [0.2, 0.25) is 0 Å². The van der Waals surface area contributed by atoms with E-state index in [4.69, 9.17) is 11.5 Å². The number of amides is 9. The Morgan fingerprint density at radius 1 is 0.722 bits per heavy atom. The van der Waals surface area contributed by atoms with Gasteiger partial charge in [0.1, 0.15) is 59.6 Å². The van der Waals surface area contributed by atoms with Crippen molar-refractivity contribution in [2.45, 2.75) is 202 Å². The summed E-state index contributed by atoms with van der Waals surface area (Å²) in [5.74, 6) is -9.95. The molecule has 3 saturated heterocycles. The first-order valence-electron chi connectivity index (χ1n) is 27.1. The summed E-state index contributed by atoms with van der Waals surface area (Å²) >= 11 is 0.565. The summed E-state index contributed by atoms with van der Waals surface area (Å²) in [7, 11) is 0. The lowest BCUT2D eigenvalue weighted by molar-refractivity contribution is -0.148. The smallest absolute Gasteiger partial charge is 0.248 e. The highest BCUT2D eigenvalue weighted by Gasteiger charge is 2.49. The number of hydrogen-bond donors (Lipinski definition) is 15. The Morgan fingerprint density at radius 3 is 1.95 bits per heavy atom. The second kappa shape index (κ2) is 31.4. The van der Waals surface area contributed by atoms with Crippen molar-refractivity contribution < 1.29 is 84.0 Å². The zero-order chi connectivity index (χ0) is 58.8. The fraction of sp³-hybridized carbons (Fsp3) is 0.712. The molecular weight excluding hydrogens is 1050 g/mol. The number of phenols is 1. The van der Waals surface area contributed by atoms with Gasteiger partial charge in [-0.3, -0.25) is 43.2 Å². The Kier molecular flexibility index (Phi) is 26.1. The van der Waals surface area contributed by atoms with Crippen LogP contribution in [-0.4, -0.2) is 201 Å². The van der Waals surface area contributed by atoms with Gasteiger partial charge in [0.2, 0.25) is 53.2 Å². The number of rotatable bonds is 23. The number of hydrogen-bond acceptors (Lipinski definition) is 18. The molecule has 9 amide bonds. The van der Waals surface area contributed by atoms with Crippen LogP contribution in [0.1, 0.15) is 129 Å². The van der Waals surface area contributed by atoms with E-state index in [0.717, 1.165) is 79.5 Å². The maximum Gasteiger partial charge on any atom is 0.248 e. The first-order chi connectivity index (χ1) is 37.2. The van der Waals surface area contributed by atoms with Gasteiger partial charge in [-0.05, 0) is 55.7 Å². The first kappa shape index (κ1) is 65.8. The number of nitrogens with two attached hydrogens (primary N) is 2. The zero-order valence-corrected chi connectivity index (χ0v) is 46.1. The fourth-order valence-electron chi connectivity index (χ4n) is 10.1. The summed E-state index contributed by atoms with van der Waals surface area (Å²) in [6.45, 7) is 6.76. The number of aliphatic hydroxyl groups excluding tert-OH is 7. The molecular formula is C52H83N9O17S. The highest BCUT2D eigenvalue weighted by molar-refractivity contribution is 8.00. The topological polar surface area (TPSA) is 434 Å². The molecule has 0 aliphatic carbocycles. The molecule has 1 aromatic carbocycles. The Balaban J connectivity index is 1.76. The number of carbonyl (C=O) groups excluding carboxylic acids is 9. The van der Waals surface area contributed by atoms with Crippen molar-refractivity contribution in [3.05, 3.63) is 29.8 Å². The van der Waals surface area contributed by atoms with Crippen molar-refractivity contribution in [1.29, 1.82) is 0 Å². The lowest BCUT2D eigenvalue weighted by atomic mass is 9.91. The van der Waals surface area contributed by atoms with Crippen LogP contribution >= 0.6 is 11.8 Å². The van der Waals surface area contributed by atoms with E-state index in [1.807, 2.05) is 0 Å². The Hall–Kier alpha value is -5.68. The van der Waals surface area contributed by atoms with E-state index in [1.54, 1.807) is 0 Å². The highest BCUT2D eigenvalue weighted by Crippen LogP contribution is 2.28. The predicted octanol–water partition coefficient (Wildman–Crippen LogP) is -3.12. The SMILES string of the molecule is CCC(C)CC(C)CCCCCCCCC(=O)N[C@H]1C[C@@H](O)[C@@H](SCC(N)=O)NC(=O)[C@@H]2[C@@H](O)CCN2C(=O)[C@H]([C@H](O)CC(N)=O)NC(=O)[C@H]([C@H](O)[C@@H](O)c2ccc(O)cc2)NC(=O)[C@@H]2C[C@@H](O)CN2C(=O)[C@H]([C@@H](C)O)NC1=O. The third-order valence-corrected chi connectivity index (χ3v) is 15.9. The molecule has 3 heterocycles. The molecule has 17 N–H and O–H groups in total. The number of fused-ring (bicyclic) bond motifs is 2. The Labute approximate surface area is 463 Å². The van der Waals surface area contributed by atoms with Crippen molar-refractivity contribution >= 4 is 64.9 Å². The third-order valence-electron chi connectivity index (χ3n) is 14.7. The predicted molar refractivity (Wildman–Crippen MR) is 285 cm³/mol. The lowest BCUT2D eigenvalue weighted by Crippen LogP contribution is -2.64. The molecule has 1 aromatic rings. The number of nitrogens with zero attached hydrogens (tertiary/aromatic N) is 2. The maximum atomic E-state index is 14.6. The van der Waals surface area contributed by atoms with Gasteiger partial charge >= 0.3 is 0 Å². The van der Waals surface area contributed by atoms with Crippen LogP contribution in [0, 0.1) is 11.8 Å². The molecule has 16 atom stereocenters. The van der Waals surface area contributed by atoms with E-state index in [2.05, 4.69) is 47.4 Å². The van der Waals surface area contributed by atoms with Crippen molar-refractivity contribution in [2.75, 3.05) is 18.8 Å². The summed E-state index contributed by atoms with van der Waals surface area (Å²) in [4.78, 5) is 126. The van der Waals surface area contributed by atoms with E-state index < -0.39 is 176 Å². The van der Waals surface area contributed by atoms with E-state index in [-0.39, 0.29) is 24.2 Å². The number of primary amides is 2. The van der Waals surface area contributed by atoms with Gasteiger partial charge in [-0.2, -0.15) is 0 Å². The van der Waals surface area contributed by atoms with Gasteiger partial charge in [0.15, 0.2) is 0 Å². The standard InChI is InChI=1S/C52H83N9O17S/c1-5-26(2)20-27(3)12-10-8-6-7-9-11-13-39(70)55-32-22-36(67)50(79-25-38(54)69)59-49(76)43-34(65)18-19-60(43)52(78)41(35(66)23-37(53)68)57-48(75)42(45(72)44(71)29-14-16-30(63)17-15-29)58-47(74)33-21-31(64)24-61(33)51(77)40(28(4)62)56-46(32)73/h14-17,26-28,31-36,40-45,50,62-67,71-72H,5-13,18-25H2,1-4H3,(H2,53,68)(H2,54,69)(H,55,70)(H,56,73)(H,57,75)(H,58,74)(H,59,76)/t26?,27?,28-,31-,32+,33+,34+,35-,36-,40+,41+,42+,43+,44+,45+,50-/m1/s1. The minimum absolute atomic E-state index is 0.0821. The van der Waals surface area contributed by atoms with Crippen LogP contribution in [0.15, 0.2) is 24.3 Å². The molecule has 0 saturated carbocycles. The van der Waals surface area contributed by atoms with Crippen LogP contribution in [-0.2, 0) is 43.2 Å². The van der Waals surface area contributed by atoms with E-state index in [1.165, 1.54) is 6.42 Å². The molecule has 3 aliphatic heterocycles. The molecule has 27 heteroatoms. The fourth-order valence-corrected chi connectivity index (χ4v) is 11.0. The molecule has 2 unspecified atom stereocenters. The first-order valence-corrected chi connectivity index (χ1v) is 28.1. The number of aromatic hydroxyl groups is 1. The third kappa shape index (κ3) is 19.5. The lowest BCUT2D eigenvalue weighted by Gasteiger charge is -2.34. The molecule has 0 radical (unpaired) electrons. The molecule has 0 spiro atoms. The summed E-state index contributed by atoms with van der Waals surface area (Å²) < 4.78 is 0. The minimum atomic E-state index is -2.37. The number of unbranched alkanes of at least 4 members (excludes halogenated alkanes) is 5. The Bertz CT molecular complexity index is 2250. The summed E-state index contributed by atoms with van der Waals surface area (Å²) in [5, 5.41) is 99.4. The van der Waals surface area contributed by atoms with Crippen LogP contribution in [0.5, 0.6) is 5.75 Å². The maximum absolute atomic E-state index is 14.6. The van der Waals surface area contributed by atoms with Gasteiger partial charge in [0.25, 0.3) is 0 Å².